The molecule has 1 aliphatic rings. The largest absolute Gasteiger partial charge is 0.495 e. The van der Waals surface area contributed by atoms with Gasteiger partial charge >= 0.3 is 0 Å². The van der Waals surface area contributed by atoms with E-state index in [-0.39, 0.29) is 18.2 Å². The SMILES string of the molecule is COc1ccc(C)cc1NC(=O)CC1C(=O)Nc2c(-c3cccc(Cl)c3)c(C)nn21. The van der Waals surface area contributed by atoms with Crippen LogP contribution in [0.1, 0.15) is 23.7 Å². The van der Waals surface area contributed by atoms with Crippen molar-refractivity contribution in [3.05, 3.63) is 58.7 Å². The summed E-state index contributed by atoms with van der Waals surface area (Å²) < 4.78 is 6.89. The predicted octanol–water partition coefficient (Wildman–Crippen LogP) is 4.35. The molecule has 3 aromatic rings. The van der Waals surface area contributed by atoms with Crippen molar-refractivity contribution in [2.75, 3.05) is 17.7 Å². The van der Waals surface area contributed by atoms with E-state index in [4.69, 9.17) is 16.3 Å². The molecule has 0 spiro atoms. The number of halogens is 1. The van der Waals surface area contributed by atoms with Gasteiger partial charge in [0.25, 0.3) is 5.91 Å². The number of methoxy groups -OCH3 is 1. The van der Waals surface area contributed by atoms with Crippen molar-refractivity contribution in [3.63, 3.8) is 0 Å². The zero-order valence-corrected chi connectivity index (χ0v) is 17.6. The summed E-state index contributed by atoms with van der Waals surface area (Å²) in [6.07, 6.45) is -0.0496. The Morgan fingerprint density at radius 3 is 2.80 bits per heavy atom. The lowest BCUT2D eigenvalue weighted by Gasteiger charge is -2.13. The molecular formula is C22H21ClN4O3. The molecule has 2 amide bonds. The van der Waals surface area contributed by atoms with Crippen molar-refractivity contribution >= 4 is 34.9 Å². The minimum Gasteiger partial charge on any atom is -0.495 e. The van der Waals surface area contributed by atoms with Gasteiger partial charge < -0.3 is 15.4 Å². The van der Waals surface area contributed by atoms with Crippen LogP contribution in [-0.4, -0.2) is 28.7 Å². The van der Waals surface area contributed by atoms with Crippen LogP contribution in [0, 0.1) is 13.8 Å². The molecule has 4 rings (SSSR count). The van der Waals surface area contributed by atoms with Crippen LogP contribution in [0.25, 0.3) is 11.1 Å². The number of ether oxygens (including phenoxy) is 1. The molecule has 0 saturated carbocycles. The summed E-state index contributed by atoms with van der Waals surface area (Å²) in [6, 6.07) is 12.1. The zero-order valence-electron chi connectivity index (χ0n) is 16.8. The van der Waals surface area contributed by atoms with E-state index in [0.717, 1.165) is 22.4 Å². The van der Waals surface area contributed by atoms with E-state index < -0.39 is 6.04 Å². The maximum atomic E-state index is 12.7. The number of carbonyl (C=O) groups is 2. The molecule has 0 saturated heterocycles. The first-order valence-electron chi connectivity index (χ1n) is 9.47. The quantitative estimate of drug-likeness (QED) is 0.637. The van der Waals surface area contributed by atoms with Gasteiger partial charge in [-0.1, -0.05) is 29.8 Å². The maximum Gasteiger partial charge on any atom is 0.251 e. The van der Waals surface area contributed by atoms with E-state index in [1.807, 2.05) is 44.2 Å². The summed E-state index contributed by atoms with van der Waals surface area (Å²) in [5.41, 5.74) is 3.96. The Hall–Kier alpha value is -3.32. The average molecular weight is 425 g/mol. The molecule has 8 heteroatoms. The van der Waals surface area contributed by atoms with Gasteiger partial charge in [-0.25, -0.2) is 4.68 Å². The molecule has 1 atom stereocenters. The summed E-state index contributed by atoms with van der Waals surface area (Å²) in [7, 11) is 1.54. The highest BCUT2D eigenvalue weighted by molar-refractivity contribution is 6.30. The van der Waals surface area contributed by atoms with Gasteiger partial charge in [-0.15, -0.1) is 0 Å². The number of hydrogen-bond donors (Lipinski definition) is 2. The molecule has 0 aliphatic carbocycles. The number of aryl methyl sites for hydroxylation is 2. The monoisotopic (exact) mass is 424 g/mol. The summed E-state index contributed by atoms with van der Waals surface area (Å²) in [6.45, 7) is 3.79. The Labute approximate surface area is 179 Å². The third-order valence-corrected chi connectivity index (χ3v) is 5.28. The topological polar surface area (TPSA) is 85.2 Å². The fourth-order valence-electron chi connectivity index (χ4n) is 3.67. The van der Waals surface area contributed by atoms with E-state index in [2.05, 4.69) is 15.7 Å². The van der Waals surface area contributed by atoms with Crippen molar-refractivity contribution < 1.29 is 14.3 Å². The normalized spacial score (nSPS) is 14.9. The molecule has 2 aromatic carbocycles. The number of amides is 2. The Bertz CT molecular complexity index is 1160. The minimum absolute atomic E-state index is 0.0496. The Morgan fingerprint density at radius 2 is 2.07 bits per heavy atom. The lowest BCUT2D eigenvalue weighted by atomic mass is 10.1. The summed E-state index contributed by atoms with van der Waals surface area (Å²) in [5.74, 6) is 0.561. The molecule has 0 radical (unpaired) electrons. The van der Waals surface area contributed by atoms with Gasteiger partial charge in [0.2, 0.25) is 5.91 Å². The lowest BCUT2D eigenvalue weighted by Crippen LogP contribution is -2.24. The molecule has 0 fully saturated rings. The highest BCUT2D eigenvalue weighted by Gasteiger charge is 2.36. The predicted molar refractivity (Wildman–Crippen MR) is 116 cm³/mol. The molecule has 1 aromatic heterocycles. The molecule has 7 nitrogen and oxygen atoms in total. The second kappa shape index (κ2) is 7.84. The first-order chi connectivity index (χ1) is 14.4. The number of carbonyl (C=O) groups excluding carboxylic acids is 2. The average Bonchev–Trinajstić information content (AvgIpc) is 3.16. The third-order valence-electron chi connectivity index (χ3n) is 5.05. The molecule has 0 bridgehead atoms. The number of fused-ring (bicyclic) bond motifs is 1. The van der Waals surface area contributed by atoms with Gasteiger partial charge in [0.15, 0.2) is 0 Å². The second-order valence-electron chi connectivity index (χ2n) is 7.23. The lowest BCUT2D eigenvalue weighted by molar-refractivity contribution is -0.123. The van der Waals surface area contributed by atoms with Gasteiger partial charge in [0.1, 0.15) is 17.6 Å². The van der Waals surface area contributed by atoms with Crippen molar-refractivity contribution in [1.82, 2.24) is 9.78 Å². The molecular weight excluding hydrogens is 404 g/mol. The number of nitrogens with one attached hydrogen (secondary N) is 2. The Kier molecular flexibility index (Phi) is 5.22. The number of hydrogen-bond acceptors (Lipinski definition) is 4. The van der Waals surface area contributed by atoms with Crippen LogP contribution < -0.4 is 15.4 Å². The van der Waals surface area contributed by atoms with Crippen LogP contribution in [0.3, 0.4) is 0 Å². The van der Waals surface area contributed by atoms with E-state index in [0.29, 0.717) is 22.3 Å². The third kappa shape index (κ3) is 3.64. The number of nitrogens with zero attached hydrogens (tertiary/aromatic N) is 2. The summed E-state index contributed by atoms with van der Waals surface area (Å²) in [5, 5.41) is 10.8. The molecule has 1 aliphatic heterocycles. The maximum absolute atomic E-state index is 12.7. The van der Waals surface area contributed by atoms with Crippen LogP contribution in [0.5, 0.6) is 5.75 Å². The van der Waals surface area contributed by atoms with Crippen molar-refractivity contribution in [2.24, 2.45) is 0 Å². The number of anilines is 2. The van der Waals surface area contributed by atoms with E-state index in [1.165, 1.54) is 0 Å². The van der Waals surface area contributed by atoms with Crippen molar-refractivity contribution in [2.45, 2.75) is 26.3 Å². The smallest absolute Gasteiger partial charge is 0.251 e. The van der Waals surface area contributed by atoms with Gasteiger partial charge in [-0.05, 0) is 49.2 Å². The molecule has 2 N–H and O–H groups in total. The first kappa shape index (κ1) is 20.0. The highest BCUT2D eigenvalue weighted by Crippen LogP contribution is 2.39. The number of rotatable bonds is 5. The van der Waals surface area contributed by atoms with Gasteiger partial charge in [0, 0.05) is 10.6 Å². The Morgan fingerprint density at radius 1 is 1.27 bits per heavy atom. The van der Waals surface area contributed by atoms with E-state index in [9.17, 15) is 9.59 Å². The first-order valence-corrected chi connectivity index (χ1v) is 9.85. The number of aromatic nitrogens is 2. The fraction of sp³-hybridized carbons (Fsp3) is 0.227. The van der Waals surface area contributed by atoms with Crippen molar-refractivity contribution in [1.29, 1.82) is 0 Å². The van der Waals surface area contributed by atoms with Gasteiger partial charge in [0.05, 0.1) is 24.9 Å². The van der Waals surface area contributed by atoms with Gasteiger partial charge in [-0.2, -0.15) is 5.10 Å². The van der Waals surface area contributed by atoms with E-state index in [1.54, 1.807) is 23.9 Å². The van der Waals surface area contributed by atoms with Crippen LogP contribution in [-0.2, 0) is 9.59 Å². The molecule has 2 heterocycles. The van der Waals surface area contributed by atoms with Crippen LogP contribution in [0.2, 0.25) is 5.02 Å². The number of benzene rings is 2. The van der Waals surface area contributed by atoms with Crippen LogP contribution in [0.15, 0.2) is 42.5 Å². The van der Waals surface area contributed by atoms with Gasteiger partial charge in [-0.3, -0.25) is 9.59 Å². The zero-order chi connectivity index (χ0) is 21.4. The second-order valence-corrected chi connectivity index (χ2v) is 7.66. The molecule has 154 valence electrons. The van der Waals surface area contributed by atoms with Crippen LogP contribution >= 0.6 is 11.6 Å². The highest BCUT2D eigenvalue weighted by atomic mass is 35.5. The van der Waals surface area contributed by atoms with E-state index >= 15 is 0 Å². The fourth-order valence-corrected chi connectivity index (χ4v) is 3.86. The molecule has 1 unspecified atom stereocenters. The summed E-state index contributed by atoms with van der Waals surface area (Å²) >= 11 is 6.13. The standard InChI is InChI=1S/C22H21ClN4O3/c1-12-7-8-18(30-3)16(9-12)24-19(28)11-17-22(29)25-21-20(13(2)26-27(17)21)14-5-4-6-15(23)10-14/h4-10,17H,11H2,1-3H3,(H,24,28)(H,25,29). The minimum atomic E-state index is -0.734. The Balaban J connectivity index is 1.59. The van der Waals surface area contributed by atoms with Crippen molar-refractivity contribution in [3.8, 4) is 16.9 Å². The molecule has 30 heavy (non-hydrogen) atoms. The summed E-state index contributed by atoms with van der Waals surface area (Å²) in [4.78, 5) is 25.3. The van der Waals surface area contributed by atoms with Crippen LogP contribution in [0.4, 0.5) is 11.5 Å².